The number of anilines is 1. The number of ether oxygens (including phenoxy) is 2. The molecular weight excluding hydrogens is 370 g/mol. The van der Waals surface area contributed by atoms with E-state index in [9.17, 15) is 9.59 Å². The first-order valence-electron chi connectivity index (χ1n) is 9.72. The number of hydrogen-bond donors (Lipinski definition) is 2. The highest BCUT2D eigenvalue weighted by atomic mass is 16.5. The summed E-state index contributed by atoms with van der Waals surface area (Å²) in [6, 6.07) is 13.2. The number of nitrogens with one attached hydrogen (secondary N) is 2. The topological polar surface area (TPSA) is 79.9 Å². The highest BCUT2D eigenvalue weighted by Gasteiger charge is 2.21. The zero-order valence-electron chi connectivity index (χ0n) is 16.9. The molecule has 2 aromatic rings. The van der Waals surface area contributed by atoms with Crippen LogP contribution in [-0.4, -0.2) is 39.2 Å². The second-order valence-corrected chi connectivity index (χ2v) is 6.86. The predicted molar refractivity (Wildman–Crippen MR) is 112 cm³/mol. The average Bonchev–Trinajstić information content (AvgIpc) is 3.18. The summed E-state index contributed by atoms with van der Waals surface area (Å²) in [6.07, 6.45) is 2.21. The van der Waals surface area contributed by atoms with Crippen LogP contribution in [0.15, 0.2) is 42.5 Å². The summed E-state index contributed by atoms with van der Waals surface area (Å²) >= 11 is 0. The minimum absolute atomic E-state index is 0.171. The first-order chi connectivity index (χ1) is 14.1. The number of methoxy groups -OCH3 is 2. The van der Waals surface area contributed by atoms with Crippen molar-refractivity contribution in [1.82, 2.24) is 10.6 Å². The maximum atomic E-state index is 12.0. The fourth-order valence-corrected chi connectivity index (χ4v) is 3.32. The molecule has 0 spiro atoms. The number of carbonyl (C=O) groups excluding carboxylic acids is 2. The van der Waals surface area contributed by atoms with E-state index in [1.807, 2.05) is 42.5 Å². The smallest absolute Gasteiger partial charge is 0.315 e. The molecule has 3 amide bonds. The minimum Gasteiger partial charge on any atom is -0.493 e. The van der Waals surface area contributed by atoms with E-state index in [-0.39, 0.29) is 11.9 Å². The van der Waals surface area contributed by atoms with Crippen molar-refractivity contribution in [1.29, 1.82) is 0 Å². The molecule has 29 heavy (non-hydrogen) atoms. The zero-order valence-corrected chi connectivity index (χ0v) is 16.9. The lowest BCUT2D eigenvalue weighted by molar-refractivity contribution is -0.117. The molecule has 0 unspecified atom stereocenters. The van der Waals surface area contributed by atoms with Gasteiger partial charge in [-0.3, -0.25) is 4.79 Å². The lowest BCUT2D eigenvalue weighted by atomic mass is 10.1. The van der Waals surface area contributed by atoms with E-state index in [1.165, 1.54) is 0 Å². The lowest BCUT2D eigenvalue weighted by Gasteiger charge is -2.16. The van der Waals surface area contributed by atoms with Crippen LogP contribution in [0.4, 0.5) is 10.5 Å². The quantitative estimate of drug-likeness (QED) is 0.718. The molecule has 7 heteroatoms. The van der Waals surface area contributed by atoms with E-state index >= 15 is 0 Å². The van der Waals surface area contributed by atoms with Gasteiger partial charge in [-0.15, -0.1) is 0 Å². The highest BCUT2D eigenvalue weighted by Crippen LogP contribution is 2.27. The van der Waals surface area contributed by atoms with Crippen LogP contribution in [0.25, 0.3) is 0 Å². The number of nitrogens with zero attached hydrogens (tertiary/aromatic N) is 1. The van der Waals surface area contributed by atoms with Crippen LogP contribution in [0.1, 0.15) is 24.0 Å². The molecule has 0 bridgehead atoms. The van der Waals surface area contributed by atoms with Crippen LogP contribution >= 0.6 is 0 Å². The summed E-state index contributed by atoms with van der Waals surface area (Å²) in [5, 5.41) is 5.70. The van der Waals surface area contributed by atoms with E-state index in [0.717, 1.165) is 29.8 Å². The number of urea groups is 1. The van der Waals surface area contributed by atoms with E-state index in [4.69, 9.17) is 9.47 Å². The number of benzene rings is 2. The summed E-state index contributed by atoms with van der Waals surface area (Å²) in [6.45, 7) is 1.71. The van der Waals surface area contributed by atoms with Crippen LogP contribution in [0.2, 0.25) is 0 Å². The summed E-state index contributed by atoms with van der Waals surface area (Å²) in [5.41, 5.74) is 2.95. The zero-order chi connectivity index (χ0) is 20.6. The van der Waals surface area contributed by atoms with Gasteiger partial charge in [0.05, 0.1) is 14.2 Å². The maximum Gasteiger partial charge on any atom is 0.315 e. The number of carbonyl (C=O) groups is 2. The van der Waals surface area contributed by atoms with Crippen LogP contribution in [0.3, 0.4) is 0 Å². The SMILES string of the molecule is COc1ccc(CCNC(=O)NCc2ccc(N3CCCC3=O)cc2)cc1OC. The van der Waals surface area contributed by atoms with Gasteiger partial charge >= 0.3 is 6.03 Å². The molecule has 2 aromatic carbocycles. The van der Waals surface area contributed by atoms with Crippen LogP contribution in [-0.2, 0) is 17.8 Å². The monoisotopic (exact) mass is 397 g/mol. The van der Waals surface area contributed by atoms with Crippen molar-refractivity contribution in [3.8, 4) is 11.5 Å². The first kappa shape index (κ1) is 20.5. The fourth-order valence-electron chi connectivity index (χ4n) is 3.32. The Hall–Kier alpha value is -3.22. The van der Waals surface area contributed by atoms with Crippen LogP contribution in [0, 0.1) is 0 Å². The van der Waals surface area contributed by atoms with Gasteiger partial charge < -0.3 is 25.0 Å². The molecule has 1 saturated heterocycles. The van der Waals surface area contributed by atoms with Gasteiger partial charge in [-0.25, -0.2) is 4.79 Å². The van der Waals surface area contributed by atoms with Crippen molar-refractivity contribution in [2.45, 2.75) is 25.8 Å². The Kier molecular flexibility index (Phi) is 6.94. The molecule has 0 aromatic heterocycles. The Bertz CT molecular complexity index is 852. The molecule has 1 heterocycles. The molecule has 3 rings (SSSR count). The minimum atomic E-state index is -0.218. The second-order valence-electron chi connectivity index (χ2n) is 6.86. The molecule has 0 atom stereocenters. The van der Waals surface area contributed by atoms with Gasteiger partial charge in [0.15, 0.2) is 11.5 Å². The standard InChI is InChI=1S/C22H27N3O4/c1-28-19-10-7-16(14-20(19)29-2)11-12-23-22(27)24-15-17-5-8-18(9-6-17)25-13-3-4-21(25)26/h5-10,14H,3-4,11-13,15H2,1-2H3,(H2,23,24,27). The normalized spacial score (nSPS) is 13.3. The number of rotatable bonds is 8. The third-order valence-corrected chi connectivity index (χ3v) is 4.92. The molecule has 1 fully saturated rings. The maximum absolute atomic E-state index is 12.0. The first-order valence-corrected chi connectivity index (χ1v) is 9.72. The second kappa shape index (κ2) is 9.82. The molecule has 154 valence electrons. The summed E-state index contributed by atoms with van der Waals surface area (Å²) in [5.74, 6) is 1.53. The summed E-state index contributed by atoms with van der Waals surface area (Å²) in [4.78, 5) is 25.6. The Labute approximate surface area is 171 Å². The molecule has 0 saturated carbocycles. The van der Waals surface area contributed by atoms with Gasteiger partial charge in [-0.2, -0.15) is 0 Å². The van der Waals surface area contributed by atoms with Gasteiger partial charge in [0.1, 0.15) is 0 Å². The van der Waals surface area contributed by atoms with E-state index in [2.05, 4.69) is 10.6 Å². The van der Waals surface area contributed by atoms with Crippen molar-refractivity contribution in [3.05, 3.63) is 53.6 Å². The Morgan fingerprint density at radius 1 is 1.00 bits per heavy atom. The molecular formula is C22H27N3O4. The van der Waals surface area contributed by atoms with E-state index < -0.39 is 0 Å². The molecule has 7 nitrogen and oxygen atoms in total. The number of hydrogen-bond acceptors (Lipinski definition) is 4. The molecule has 0 radical (unpaired) electrons. The third-order valence-electron chi connectivity index (χ3n) is 4.92. The van der Waals surface area contributed by atoms with E-state index in [1.54, 1.807) is 19.1 Å². The summed E-state index contributed by atoms with van der Waals surface area (Å²) in [7, 11) is 3.20. The van der Waals surface area contributed by atoms with Gasteiger partial charge in [0.2, 0.25) is 5.91 Å². The van der Waals surface area contributed by atoms with Crippen molar-refractivity contribution in [2.24, 2.45) is 0 Å². The van der Waals surface area contributed by atoms with Crippen molar-refractivity contribution >= 4 is 17.6 Å². The van der Waals surface area contributed by atoms with Crippen molar-refractivity contribution < 1.29 is 19.1 Å². The summed E-state index contributed by atoms with van der Waals surface area (Å²) < 4.78 is 10.5. The van der Waals surface area contributed by atoms with Gasteiger partial charge in [0.25, 0.3) is 0 Å². The molecule has 2 N–H and O–H groups in total. The van der Waals surface area contributed by atoms with Crippen molar-refractivity contribution in [2.75, 3.05) is 32.2 Å². The van der Waals surface area contributed by atoms with Crippen molar-refractivity contribution in [3.63, 3.8) is 0 Å². The Morgan fingerprint density at radius 3 is 2.38 bits per heavy atom. The molecule has 1 aliphatic rings. The lowest BCUT2D eigenvalue weighted by Crippen LogP contribution is -2.36. The third kappa shape index (κ3) is 5.40. The van der Waals surface area contributed by atoms with Gasteiger partial charge in [0, 0.05) is 31.7 Å². The van der Waals surface area contributed by atoms with Gasteiger partial charge in [-0.05, 0) is 48.2 Å². The molecule has 1 aliphatic heterocycles. The largest absolute Gasteiger partial charge is 0.493 e. The van der Waals surface area contributed by atoms with Crippen LogP contribution in [0.5, 0.6) is 11.5 Å². The molecule has 0 aliphatic carbocycles. The van der Waals surface area contributed by atoms with Gasteiger partial charge in [-0.1, -0.05) is 18.2 Å². The Morgan fingerprint density at radius 2 is 1.72 bits per heavy atom. The fraction of sp³-hybridized carbons (Fsp3) is 0.364. The highest BCUT2D eigenvalue weighted by molar-refractivity contribution is 5.95. The Balaban J connectivity index is 1.41. The predicted octanol–water partition coefficient (Wildman–Crippen LogP) is 2.87. The van der Waals surface area contributed by atoms with Crippen LogP contribution < -0.4 is 25.0 Å². The van der Waals surface area contributed by atoms with E-state index in [0.29, 0.717) is 37.4 Å². The average molecular weight is 397 g/mol. The number of amides is 3.